The Morgan fingerprint density at radius 2 is 2.30 bits per heavy atom. The van der Waals surface area contributed by atoms with Crippen molar-refractivity contribution in [3.63, 3.8) is 0 Å². The number of rotatable bonds is 7. The number of hydrogen-bond acceptors (Lipinski definition) is 4. The molecule has 20 heavy (non-hydrogen) atoms. The number of carboxylic acids is 1. The van der Waals surface area contributed by atoms with Gasteiger partial charge >= 0.3 is 5.97 Å². The van der Waals surface area contributed by atoms with Crippen molar-refractivity contribution in [3.05, 3.63) is 29.8 Å². The van der Waals surface area contributed by atoms with E-state index in [1.807, 2.05) is 0 Å². The molecule has 1 aromatic rings. The predicted octanol–water partition coefficient (Wildman–Crippen LogP) is 1.87. The molecule has 0 aliphatic carbocycles. The number of hydrogen-bond donors (Lipinski definition) is 1. The molecule has 2 rings (SSSR count). The van der Waals surface area contributed by atoms with Crippen molar-refractivity contribution in [2.45, 2.75) is 18.9 Å². The maximum Gasteiger partial charge on any atom is 0.339 e. The first-order valence-electron chi connectivity index (χ1n) is 6.91. The lowest BCUT2D eigenvalue weighted by Crippen LogP contribution is -2.33. The molecule has 0 aromatic heterocycles. The predicted molar refractivity (Wildman–Crippen MR) is 75.4 cm³/mol. The summed E-state index contributed by atoms with van der Waals surface area (Å²) in [6.07, 6.45) is 1.94. The topological polar surface area (TPSA) is 59.0 Å². The third kappa shape index (κ3) is 3.95. The van der Waals surface area contributed by atoms with Gasteiger partial charge in [0.25, 0.3) is 0 Å². The van der Waals surface area contributed by atoms with Crippen molar-refractivity contribution in [2.24, 2.45) is 0 Å². The van der Waals surface area contributed by atoms with Gasteiger partial charge in [-0.05, 0) is 32.0 Å². The number of para-hydroxylation sites is 1. The molecule has 0 radical (unpaired) electrons. The summed E-state index contributed by atoms with van der Waals surface area (Å²) in [6, 6.07) is 7.23. The molecule has 0 bridgehead atoms. The molecule has 1 heterocycles. The molecule has 5 nitrogen and oxygen atoms in total. The van der Waals surface area contributed by atoms with E-state index in [0.717, 1.165) is 32.6 Å². The van der Waals surface area contributed by atoms with Crippen LogP contribution in [-0.4, -0.2) is 55.4 Å². The van der Waals surface area contributed by atoms with Gasteiger partial charge in [0.2, 0.25) is 0 Å². The second kappa shape index (κ2) is 7.26. The fraction of sp³-hybridized carbons (Fsp3) is 0.533. The molecule has 0 spiro atoms. The zero-order chi connectivity index (χ0) is 14.4. The van der Waals surface area contributed by atoms with Crippen LogP contribution in [0.4, 0.5) is 0 Å². The largest absolute Gasteiger partial charge is 0.493 e. The summed E-state index contributed by atoms with van der Waals surface area (Å²) in [5.74, 6) is -0.521. The highest BCUT2D eigenvalue weighted by Crippen LogP contribution is 2.18. The summed E-state index contributed by atoms with van der Waals surface area (Å²) in [4.78, 5) is 13.3. The van der Waals surface area contributed by atoms with Crippen LogP contribution >= 0.6 is 0 Å². The molecule has 1 saturated heterocycles. The Hall–Kier alpha value is -1.59. The van der Waals surface area contributed by atoms with Crippen LogP contribution in [0.25, 0.3) is 0 Å². The van der Waals surface area contributed by atoms with Crippen LogP contribution in [-0.2, 0) is 4.74 Å². The first-order valence-corrected chi connectivity index (χ1v) is 6.91. The third-order valence-corrected chi connectivity index (χ3v) is 3.56. The van der Waals surface area contributed by atoms with Gasteiger partial charge in [-0.15, -0.1) is 0 Å². The van der Waals surface area contributed by atoms with Gasteiger partial charge in [0.15, 0.2) is 0 Å². The van der Waals surface area contributed by atoms with E-state index in [9.17, 15) is 4.79 Å². The minimum atomic E-state index is -0.958. The average molecular weight is 279 g/mol. The SMILES string of the molecule is CN(CCCOc1ccccc1C(=O)O)C1CCOC1. The van der Waals surface area contributed by atoms with Gasteiger partial charge in [-0.1, -0.05) is 12.1 Å². The molecule has 0 saturated carbocycles. The Bertz CT molecular complexity index is 443. The number of likely N-dealkylation sites (N-methyl/N-ethyl adjacent to an activating group) is 1. The summed E-state index contributed by atoms with van der Waals surface area (Å²) in [6.45, 7) is 3.09. The average Bonchev–Trinajstić information content (AvgIpc) is 2.98. The van der Waals surface area contributed by atoms with Gasteiger partial charge in [-0.2, -0.15) is 0 Å². The van der Waals surface area contributed by atoms with E-state index in [2.05, 4.69) is 11.9 Å². The maximum atomic E-state index is 11.0. The number of nitrogens with zero attached hydrogens (tertiary/aromatic N) is 1. The van der Waals surface area contributed by atoms with Crippen LogP contribution in [0.15, 0.2) is 24.3 Å². The second-order valence-corrected chi connectivity index (χ2v) is 5.00. The third-order valence-electron chi connectivity index (χ3n) is 3.56. The number of ether oxygens (including phenoxy) is 2. The molecule has 1 aromatic carbocycles. The van der Waals surface area contributed by atoms with E-state index in [1.165, 1.54) is 0 Å². The number of aromatic carboxylic acids is 1. The highest BCUT2D eigenvalue weighted by atomic mass is 16.5. The van der Waals surface area contributed by atoms with E-state index in [-0.39, 0.29) is 5.56 Å². The molecular formula is C15H21NO4. The lowest BCUT2D eigenvalue weighted by Gasteiger charge is -2.22. The highest BCUT2D eigenvalue weighted by molar-refractivity contribution is 5.90. The van der Waals surface area contributed by atoms with Crippen LogP contribution in [0.5, 0.6) is 5.75 Å². The van der Waals surface area contributed by atoms with Crippen molar-refractivity contribution in [3.8, 4) is 5.75 Å². The molecule has 1 unspecified atom stereocenters. The summed E-state index contributed by atoms with van der Waals surface area (Å²) in [7, 11) is 2.09. The summed E-state index contributed by atoms with van der Waals surface area (Å²) >= 11 is 0. The summed E-state index contributed by atoms with van der Waals surface area (Å²) in [5.41, 5.74) is 0.213. The van der Waals surface area contributed by atoms with E-state index >= 15 is 0 Å². The molecule has 0 amide bonds. The van der Waals surface area contributed by atoms with Gasteiger partial charge in [0, 0.05) is 19.2 Å². The van der Waals surface area contributed by atoms with Crippen LogP contribution in [0.3, 0.4) is 0 Å². The van der Waals surface area contributed by atoms with Gasteiger partial charge in [-0.3, -0.25) is 0 Å². The maximum absolute atomic E-state index is 11.0. The monoisotopic (exact) mass is 279 g/mol. The first kappa shape index (κ1) is 14.8. The number of carbonyl (C=O) groups is 1. The Morgan fingerprint density at radius 3 is 3.00 bits per heavy atom. The Balaban J connectivity index is 1.74. The zero-order valence-electron chi connectivity index (χ0n) is 11.7. The molecule has 1 N–H and O–H groups in total. The van der Waals surface area contributed by atoms with Gasteiger partial charge in [-0.25, -0.2) is 4.79 Å². The zero-order valence-corrected chi connectivity index (χ0v) is 11.7. The second-order valence-electron chi connectivity index (χ2n) is 5.00. The van der Waals surface area contributed by atoms with E-state index < -0.39 is 5.97 Å². The van der Waals surface area contributed by atoms with E-state index in [0.29, 0.717) is 18.4 Å². The van der Waals surface area contributed by atoms with Gasteiger partial charge < -0.3 is 19.5 Å². The van der Waals surface area contributed by atoms with E-state index in [4.69, 9.17) is 14.6 Å². The minimum Gasteiger partial charge on any atom is -0.493 e. The standard InChI is InChI=1S/C15H21NO4/c1-16(12-7-10-19-11-12)8-4-9-20-14-6-3-2-5-13(14)15(17)18/h2-3,5-6,12H,4,7-11H2,1H3,(H,17,18). The normalized spacial score (nSPS) is 18.4. The minimum absolute atomic E-state index is 0.213. The Labute approximate surface area is 119 Å². The Morgan fingerprint density at radius 1 is 1.50 bits per heavy atom. The summed E-state index contributed by atoms with van der Waals surface area (Å²) in [5, 5.41) is 9.05. The summed E-state index contributed by atoms with van der Waals surface area (Å²) < 4.78 is 10.9. The van der Waals surface area contributed by atoms with Crippen LogP contribution < -0.4 is 4.74 Å². The number of benzene rings is 1. The van der Waals surface area contributed by atoms with Crippen molar-refractivity contribution in [1.29, 1.82) is 0 Å². The van der Waals surface area contributed by atoms with Crippen molar-refractivity contribution in [2.75, 3.05) is 33.4 Å². The van der Waals surface area contributed by atoms with Crippen molar-refractivity contribution < 1.29 is 19.4 Å². The molecule has 1 aliphatic heterocycles. The van der Waals surface area contributed by atoms with Crippen molar-refractivity contribution >= 4 is 5.97 Å². The molecule has 1 atom stereocenters. The van der Waals surface area contributed by atoms with E-state index in [1.54, 1.807) is 24.3 Å². The molecule has 1 aliphatic rings. The van der Waals surface area contributed by atoms with Crippen molar-refractivity contribution in [1.82, 2.24) is 4.90 Å². The van der Waals surface area contributed by atoms with Crippen LogP contribution in [0.1, 0.15) is 23.2 Å². The quantitative estimate of drug-likeness (QED) is 0.772. The molecule has 5 heteroatoms. The highest BCUT2D eigenvalue weighted by Gasteiger charge is 2.19. The fourth-order valence-corrected chi connectivity index (χ4v) is 2.32. The Kier molecular flexibility index (Phi) is 5.38. The molecular weight excluding hydrogens is 258 g/mol. The number of carboxylic acid groups (broad SMARTS) is 1. The molecule has 1 fully saturated rings. The fourth-order valence-electron chi connectivity index (χ4n) is 2.32. The van der Waals surface area contributed by atoms with Crippen LogP contribution in [0.2, 0.25) is 0 Å². The van der Waals surface area contributed by atoms with Gasteiger partial charge in [0.1, 0.15) is 11.3 Å². The smallest absolute Gasteiger partial charge is 0.339 e. The lowest BCUT2D eigenvalue weighted by molar-refractivity contribution is 0.0692. The van der Waals surface area contributed by atoms with Gasteiger partial charge in [0.05, 0.1) is 13.2 Å². The molecule has 110 valence electrons. The first-order chi connectivity index (χ1) is 9.68. The van der Waals surface area contributed by atoms with Crippen LogP contribution in [0, 0.1) is 0 Å². The lowest BCUT2D eigenvalue weighted by atomic mass is 10.2.